The summed E-state index contributed by atoms with van der Waals surface area (Å²) in [6.45, 7) is 2.23. The summed E-state index contributed by atoms with van der Waals surface area (Å²) in [7, 11) is 1.64. The minimum Gasteiger partial charge on any atom is -0.459 e. The number of benzene rings is 1. The maximum Gasteiger partial charge on any atom is 0.290 e. The Balaban J connectivity index is 1.52. The molecule has 0 unspecified atom stereocenters. The van der Waals surface area contributed by atoms with Crippen LogP contribution >= 0.6 is 15.9 Å². The summed E-state index contributed by atoms with van der Waals surface area (Å²) in [5.74, 6) is -0.0462. The van der Waals surface area contributed by atoms with Gasteiger partial charge in [0.25, 0.3) is 5.91 Å². The molecule has 0 aliphatic heterocycles. The fourth-order valence-electron chi connectivity index (χ4n) is 4.98. The number of methoxy groups -OCH3 is 1. The van der Waals surface area contributed by atoms with Gasteiger partial charge in [-0.1, -0.05) is 47.3 Å². The Morgan fingerprint density at radius 2 is 1.86 bits per heavy atom. The number of amides is 2. The molecule has 1 fully saturated rings. The average molecular weight is 571 g/mol. The van der Waals surface area contributed by atoms with E-state index in [4.69, 9.17) is 9.15 Å². The minimum atomic E-state index is -0.267. The second-order valence-electron chi connectivity index (χ2n) is 9.62. The fraction of sp³-hybridized carbons (Fsp3) is 0.448. The van der Waals surface area contributed by atoms with Crippen LogP contribution in [0.3, 0.4) is 0 Å². The van der Waals surface area contributed by atoms with E-state index in [1.807, 2.05) is 23.1 Å². The second kappa shape index (κ2) is 13.6. The molecule has 0 bridgehead atoms. The van der Waals surface area contributed by atoms with Crippen LogP contribution in [0.5, 0.6) is 0 Å². The second-order valence-corrected chi connectivity index (χ2v) is 10.5. The van der Waals surface area contributed by atoms with Crippen LogP contribution in [0.25, 0.3) is 0 Å². The van der Waals surface area contributed by atoms with E-state index in [-0.39, 0.29) is 30.2 Å². The summed E-state index contributed by atoms with van der Waals surface area (Å²) < 4.78 is 13.8. The molecule has 37 heavy (non-hydrogen) atoms. The first kappa shape index (κ1) is 27.2. The zero-order valence-corrected chi connectivity index (χ0v) is 23.1. The predicted molar refractivity (Wildman–Crippen MR) is 146 cm³/mol. The summed E-state index contributed by atoms with van der Waals surface area (Å²) in [6, 6.07) is 15.9. The van der Waals surface area contributed by atoms with Crippen molar-refractivity contribution in [1.29, 1.82) is 0 Å². The lowest BCUT2D eigenvalue weighted by molar-refractivity contribution is -0.135. The summed E-state index contributed by atoms with van der Waals surface area (Å²) in [4.78, 5) is 30.6. The molecule has 1 aromatic carbocycles. The van der Waals surface area contributed by atoms with Crippen LogP contribution in [0.15, 0.2) is 69.9 Å². The van der Waals surface area contributed by atoms with Gasteiger partial charge in [0.2, 0.25) is 5.91 Å². The number of ether oxygens (including phenoxy) is 1. The Hall–Kier alpha value is -2.84. The van der Waals surface area contributed by atoms with Gasteiger partial charge in [0.15, 0.2) is 5.76 Å². The molecule has 4 rings (SSSR count). The fourth-order valence-corrected chi connectivity index (χ4v) is 5.25. The molecule has 0 N–H and O–H groups in total. The lowest BCUT2D eigenvalue weighted by Gasteiger charge is -2.36. The molecular formula is C29H36BrN3O4. The van der Waals surface area contributed by atoms with E-state index < -0.39 is 0 Å². The largest absolute Gasteiger partial charge is 0.459 e. The first-order chi connectivity index (χ1) is 18.0. The van der Waals surface area contributed by atoms with Crippen molar-refractivity contribution < 1.29 is 18.7 Å². The van der Waals surface area contributed by atoms with Crippen LogP contribution in [0.2, 0.25) is 0 Å². The maximum atomic E-state index is 13.8. The highest BCUT2D eigenvalue weighted by Gasteiger charge is 2.29. The van der Waals surface area contributed by atoms with E-state index in [2.05, 4.69) is 44.9 Å². The van der Waals surface area contributed by atoms with Crippen molar-refractivity contribution in [2.75, 3.05) is 26.8 Å². The van der Waals surface area contributed by atoms with Crippen LogP contribution in [0, 0.1) is 0 Å². The SMILES string of the molecule is COCCCN(CC(=O)N(Cc1cccn1Cc1ccc(Br)cc1)C1CCCCC1)C(=O)c1ccco1. The van der Waals surface area contributed by atoms with E-state index in [0.717, 1.165) is 42.4 Å². The molecule has 1 aliphatic rings. The van der Waals surface area contributed by atoms with Gasteiger partial charge < -0.3 is 23.5 Å². The van der Waals surface area contributed by atoms with Crippen molar-refractivity contribution in [3.63, 3.8) is 0 Å². The first-order valence-electron chi connectivity index (χ1n) is 13.0. The average Bonchev–Trinajstić information content (AvgIpc) is 3.61. The standard InChI is InChI=1S/C29H36BrN3O4/c1-36-18-7-17-32(29(35)27-11-6-19-37-27)22-28(34)33(25-8-3-2-4-9-25)21-26-10-5-16-31(26)20-23-12-14-24(30)15-13-23/h5-6,10-16,19,25H,2-4,7-9,17-18,20-22H2,1H3. The number of aromatic nitrogens is 1. The highest BCUT2D eigenvalue weighted by atomic mass is 79.9. The van der Waals surface area contributed by atoms with Gasteiger partial charge in [-0.05, 0) is 61.2 Å². The molecule has 2 heterocycles. The molecule has 0 radical (unpaired) electrons. The number of carbonyl (C=O) groups is 2. The topological polar surface area (TPSA) is 67.9 Å². The first-order valence-corrected chi connectivity index (χ1v) is 13.8. The molecule has 0 saturated heterocycles. The van der Waals surface area contributed by atoms with Gasteiger partial charge in [0, 0.05) is 49.2 Å². The Labute approximate surface area is 227 Å². The minimum absolute atomic E-state index is 0.0210. The Bertz CT molecular complexity index is 1120. The smallest absolute Gasteiger partial charge is 0.290 e. The predicted octanol–water partition coefficient (Wildman–Crippen LogP) is 5.73. The molecule has 1 saturated carbocycles. The molecule has 2 amide bonds. The van der Waals surface area contributed by atoms with Crippen molar-refractivity contribution in [2.45, 2.75) is 57.7 Å². The third-order valence-corrected chi connectivity index (χ3v) is 7.51. The van der Waals surface area contributed by atoms with E-state index in [0.29, 0.717) is 26.1 Å². The maximum absolute atomic E-state index is 13.8. The molecule has 8 heteroatoms. The Morgan fingerprint density at radius 3 is 2.57 bits per heavy atom. The van der Waals surface area contributed by atoms with Gasteiger partial charge >= 0.3 is 0 Å². The van der Waals surface area contributed by atoms with Gasteiger partial charge in [-0.25, -0.2) is 0 Å². The molecular weight excluding hydrogens is 534 g/mol. The van der Waals surface area contributed by atoms with Gasteiger partial charge in [-0.15, -0.1) is 0 Å². The number of carbonyl (C=O) groups excluding carboxylic acids is 2. The third-order valence-electron chi connectivity index (χ3n) is 6.98. The van der Waals surface area contributed by atoms with E-state index in [1.54, 1.807) is 24.1 Å². The van der Waals surface area contributed by atoms with Gasteiger partial charge in [0.1, 0.15) is 6.54 Å². The summed E-state index contributed by atoms with van der Waals surface area (Å²) >= 11 is 3.50. The van der Waals surface area contributed by atoms with Crippen molar-refractivity contribution in [2.24, 2.45) is 0 Å². The van der Waals surface area contributed by atoms with Crippen molar-refractivity contribution in [3.8, 4) is 0 Å². The van der Waals surface area contributed by atoms with Crippen LogP contribution < -0.4 is 0 Å². The van der Waals surface area contributed by atoms with E-state index in [1.165, 1.54) is 18.2 Å². The normalized spacial score (nSPS) is 14.0. The molecule has 2 aromatic heterocycles. The number of rotatable bonds is 12. The van der Waals surface area contributed by atoms with Crippen molar-refractivity contribution in [3.05, 3.63) is 82.5 Å². The highest BCUT2D eigenvalue weighted by molar-refractivity contribution is 9.10. The van der Waals surface area contributed by atoms with Crippen LogP contribution in [0.1, 0.15) is 60.3 Å². The zero-order valence-electron chi connectivity index (χ0n) is 21.5. The van der Waals surface area contributed by atoms with Crippen molar-refractivity contribution >= 4 is 27.7 Å². The van der Waals surface area contributed by atoms with Crippen LogP contribution in [-0.4, -0.2) is 59.0 Å². The quantitative estimate of drug-likeness (QED) is 0.261. The molecule has 7 nitrogen and oxygen atoms in total. The van der Waals surface area contributed by atoms with Gasteiger partial charge in [-0.2, -0.15) is 0 Å². The molecule has 198 valence electrons. The summed E-state index contributed by atoms with van der Waals surface area (Å²) in [6.07, 6.45) is 9.64. The lowest BCUT2D eigenvalue weighted by Crippen LogP contribution is -2.47. The number of halogens is 1. The molecule has 0 atom stereocenters. The molecule has 1 aliphatic carbocycles. The highest BCUT2D eigenvalue weighted by Crippen LogP contribution is 2.25. The van der Waals surface area contributed by atoms with Gasteiger partial charge in [-0.3, -0.25) is 9.59 Å². The monoisotopic (exact) mass is 569 g/mol. The Morgan fingerprint density at radius 1 is 1.08 bits per heavy atom. The van der Waals surface area contributed by atoms with Gasteiger partial charge in [0.05, 0.1) is 12.8 Å². The number of nitrogens with zero attached hydrogens (tertiary/aromatic N) is 3. The number of hydrogen-bond donors (Lipinski definition) is 0. The van der Waals surface area contributed by atoms with Crippen LogP contribution in [-0.2, 0) is 22.6 Å². The Kier molecular flexibility index (Phi) is 10.0. The summed E-state index contributed by atoms with van der Waals surface area (Å²) in [5, 5.41) is 0. The molecule has 3 aromatic rings. The van der Waals surface area contributed by atoms with E-state index >= 15 is 0 Å². The van der Waals surface area contributed by atoms with Crippen LogP contribution in [0.4, 0.5) is 0 Å². The molecule has 0 spiro atoms. The number of furan rings is 1. The lowest BCUT2D eigenvalue weighted by atomic mass is 9.94. The van der Waals surface area contributed by atoms with E-state index in [9.17, 15) is 9.59 Å². The number of hydrogen-bond acceptors (Lipinski definition) is 4. The third kappa shape index (κ3) is 7.58. The van der Waals surface area contributed by atoms with Crippen molar-refractivity contribution in [1.82, 2.24) is 14.4 Å². The zero-order chi connectivity index (χ0) is 26.0. The summed E-state index contributed by atoms with van der Waals surface area (Å²) in [5.41, 5.74) is 2.29.